The topological polar surface area (TPSA) is 138 Å². The van der Waals surface area contributed by atoms with Crippen molar-refractivity contribution < 1.29 is 23.9 Å². The van der Waals surface area contributed by atoms with Crippen molar-refractivity contribution in [2.24, 2.45) is 17.1 Å². The van der Waals surface area contributed by atoms with E-state index < -0.39 is 17.0 Å². The third-order valence-electron chi connectivity index (χ3n) is 6.94. The standard InChI is InChI=1S/C24H37N5O5/c1-16(2)15-34-19-17(14-26-29(19)13-12-22(3,4)28-21(32)33-5)18(30)27-24-9-6-23(7-10-24,8-11-24)20(25)31/h12-14,16H,6-11,15H2,1-5H3,(H2,25,31)(H,27,30)(H,28,32)/b13-12+. The molecule has 0 saturated heterocycles. The fourth-order valence-electron chi connectivity index (χ4n) is 4.67. The van der Waals surface area contributed by atoms with Crippen LogP contribution < -0.4 is 21.1 Å². The molecule has 1 aromatic rings. The molecule has 2 bridgehead atoms. The van der Waals surface area contributed by atoms with E-state index in [4.69, 9.17) is 10.5 Å². The molecule has 0 aromatic carbocycles. The van der Waals surface area contributed by atoms with Gasteiger partial charge in [0, 0.05) is 17.2 Å². The molecule has 34 heavy (non-hydrogen) atoms. The van der Waals surface area contributed by atoms with E-state index in [1.54, 1.807) is 12.3 Å². The third kappa shape index (κ3) is 5.53. The highest BCUT2D eigenvalue weighted by Gasteiger charge is 2.52. The summed E-state index contributed by atoms with van der Waals surface area (Å²) in [5, 5.41) is 10.3. The van der Waals surface area contributed by atoms with Crippen molar-refractivity contribution in [1.82, 2.24) is 20.4 Å². The molecule has 0 aliphatic heterocycles. The molecule has 1 aromatic heterocycles. The van der Waals surface area contributed by atoms with Crippen molar-refractivity contribution in [2.45, 2.75) is 77.3 Å². The molecule has 3 aliphatic rings. The van der Waals surface area contributed by atoms with Crippen LogP contribution >= 0.6 is 0 Å². The number of nitrogens with one attached hydrogen (secondary N) is 2. The van der Waals surface area contributed by atoms with E-state index in [0.29, 0.717) is 37.3 Å². The minimum absolute atomic E-state index is 0.228. The van der Waals surface area contributed by atoms with Crippen LogP contribution in [-0.2, 0) is 9.53 Å². The van der Waals surface area contributed by atoms with E-state index in [1.807, 2.05) is 27.7 Å². The van der Waals surface area contributed by atoms with Crippen molar-refractivity contribution in [3.8, 4) is 5.88 Å². The molecule has 4 rings (SSSR count). The fraction of sp³-hybridized carbons (Fsp3) is 0.667. The highest BCUT2D eigenvalue weighted by Crippen LogP contribution is 2.52. The summed E-state index contributed by atoms with van der Waals surface area (Å²) in [5.41, 5.74) is 4.53. The summed E-state index contributed by atoms with van der Waals surface area (Å²) in [6, 6.07) is 0. The lowest BCUT2D eigenvalue weighted by Gasteiger charge is -2.52. The van der Waals surface area contributed by atoms with Crippen LogP contribution in [0.5, 0.6) is 5.88 Å². The molecule has 0 radical (unpaired) electrons. The number of rotatable bonds is 9. The molecule has 10 heteroatoms. The Morgan fingerprint density at radius 3 is 2.35 bits per heavy atom. The van der Waals surface area contributed by atoms with Gasteiger partial charge in [-0.15, -0.1) is 0 Å². The molecule has 3 amide bonds. The number of ether oxygens (including phenoxy) is 2. The maximum Gasteiger partial charge on any atom is 0.407 e. The van der Waals surface area contributed by atoms with E-state index in [1.165, 1.54) is 18.0 Å². The van der Waals surface area contributed by atoms with E-state index in [9.17, 15) is 14.4 Å². The monoisotopic (exact) mass is 475 g/mol. The zero-order valence-corrected chi connectivity index (χ0v) is 20.8. The first-order valence-electron chi connectivity index (χ1n) is 11.8. The molecule has 3 fully saturated rings. The van der Waals surface area contributed by atoms with Crippen molar-refractivity contribution >= 4 is 24.1 Å². The molecule has 10 nitrogen and oxygen atoms in total. The molecule has 0 atom stereocenters. The van der Waals surface area contributed by atoms with Gasteiger partial charge in [-0.2, -0.15) is 5.10 Å². The Hall–Kier alpha value is -3.04. The highest BCUT2D eigenvalue weighted by atomic mass is 16.5. The number of aromatic nitrogens is 2. The van der Waals surface area contributed by atoms with Gasteiger partial charge in [-0.05, 0) is 64.4 Å². The zero-order chi connectivity index (χ0) is 25.1. The summed E-state index contributed by atoms with van der Waals surface area (Å²) < 4.78 is 12.1. The molecular formula is C24H37N5O5. The van der Waals surface area contributed by atoms with Gasteiger partial charge in [0.25, 0.3) is 5.91 Å². The Morgan fingerprint density at radius 1 is 1.21 bits per heavy atom. The van der Waals surface area contributed by atoms with Crippen molar-refractivity contribution in [2.75, 3.05) is 13.7 Å². The molecule has 1 heterocycles. The summed E-state index contributed by atoms with van der Waals surface area (Å²) in [4.78, 5) is 36.9. The lowest BCUT2D eigenvalue weighted by atomic mass is 9.57. The second-order valence-corrected chi connectivity index (χ2v) is 10.5. The third-order valence-corrected chi connectivity index (χ3v) is 6.94. The lowest BCUT2D eigenvalue weighted by molar-refractivity contribution is -0.134. The van der Waals surface area contributed by atoms with Gasteiger partial charge in [0.2, 0.25) is 11.8 Å². The van der Waals surface area contributed by atoms with Crippen molar-refractivity contribution in [3.05, 3.63) is 17.8 Å². The summed E-state index contributed by atoms with van der Waals surface area (Å²) in [7, 11) is 1.30. The maximum absolute atomic E-state index is 13.3. The number of amides is 3. The summed E-state index contributed by atoms with van der Waals surface area (Å²) >= 11 is 0. The molecule has 0 spiro atoms. The number of carbonyl (C=O) groups is 3. The van der Waals surface area contributed by atoms with Crippen LogP contribution in [0, 0.1) is 11.3 Å². The Labute approximate surface area is 200 Å². The van der Waals surface area contributed by atoms with Gasteiger partial charge < -0.3 is 25.8 Å². The van der Waals surface area contributed by atoms with Crippen molar-refractivity contribution in [3.63, 3.8) is 0 Å². The van der Waals surface area contributed by atoms with E-state index in [2.05, 4.69) is 20.5 Å². The highest BCUT2D eigenvalue weighted by molar-refractivity contribution is 5.97. The molecule has 4 N–H and O–H groups in total. The van der Waals surface area contributed by atoms with Gasteiger partial charge in [-0.25, -0.2) is 9.48 Å². The lowest BCUT2D eigenvalue weighted by Crippen LogP contribution is -2.59. The van der Waals surface area contributed by atoms with Gasteiger partial charge in [0.15, 0.2) is 0 Å². The number of alkyl carbamates (subject to hydrolysis) is 1. The van der Waals surface area contributed by atoms with Crippen molar-refractivity contribution in [1.29, 1.82) is 0 Å². The summed E-state index contributed by atoms with van der Waals surface area (Å²) in [6.45, 7) is 8.07. The van der Waals surface area contributed by atoms with Crippen LogP contribution in [0.25, 0.3) is 6.20 Å². The van der Waals surface area contributed by atoms with Gasteiger partial charge in [0.1, 0.15) is 5.56 Å². The minimum atomic E-state index is -0.715. The minimum Gasteiger partial charge on any atom is -0.477 e. The van der Waals surface area contributed by atoms with Crippen LogP contribution in [0.2, 0.25) is 0 Å². The Kier molecular flexibility index (Phi) is 7.28. The Balaban J connectivity index is 1.79. The SMILES string of the molecule is COC(=O)NC(C)(C)/C=C/n1ncc(C(=O)NC23CCC(C(N)=O)(CC2)CC3)c1OCC(C)C. The quantitative estimate of drug-likeness (QED) is 0.502. The average molecular weight is 476 g/mol. The van der Waals surface area contributed by atoms with Gasteiger partial charge in [-0.1, -0.05) is 13.8 Å². The number of nitrogens with zero attached hydrogens (tertiary/aromatic N) is 2. The van der Waals surface area contributed by atoms with Gasteiger partial charge >= 0.3 is 6.09 Å². The van der Waals surface area contributed by atoms with Crippen LogP contribution in [0.15, 0.2) is 12.3 Å². The number of hydrogen-bond donors (Lipinski definition) is 3. The predicted molar refractivity (Wildman–Crippen MR) is 127 cm³/mol. The molecule has 0 unspecified atom stereocenters. The number of primary amides is 1. The van der Waals surface area contributed by atoms with E-state index >= 15 is 0 Å². The number of methoxy groups -OCH3 is 1. The van der Waals surface area contributed by atoms with E-state index in [0.717, 1.165) is 19.3 Å². The first-order chi connectivity index (χ1) is 15.9. The van der Waals surface area contributed by atoms with Crippen LogP contribution in [0.4, 0.5) is 4.79 Å². The number of fused-ring (bicyclic) bond motifs is 3. The number of hydrogen-bond acceptors (Lipinski definition) is 6. The first kappa shape index (κ1) is 25.6. The average Bonchev–Trinajstić information content (AvgIpc) is 3.20. The van der Waals surface area contributed by atoms with Gasteiger partial charge in [0.05, 0.1) is 25.5 Å². The Bertz CT molecular complexity index is 940. The Morgan fingerprint density at radius 2 is 1.82 bits per heavy atom. The van der Waals surface area contributed by atoms with E-state index in [-0.39, 0.29) is 23.3 Å². The summed E-state index contributed by atoms with van der Waals surface area (Å²) in [5.74, 6) is 0.108. The largest absolute Gasteiger partial charge is 0.477 e. The molecule has 188 valence electrons. The van der Waals surface area contributed by atoms with Gasteiger partial charge in [-0.3, -0.25) is 9.59 Å². The molecule has 3 aliphatic carbocycles. The van der Waals surface area contributed by atoms with Crippen LogP contribution in [0.1, 0.15) is 76.6 Å². The fourth-order valence-corrected chi connectivity index (χ4v) is 4.67. The predicted octanol–water partition coefficient (Wildman–Crippen LogP) is 2.83. The van der Waals surface area contributed by atoms with Crippen LogP contribution in [0.3, 0.4) is 0 Å². The maximum atomic E-state index is 13.3. The normalized spacial score (nSPS) is 24.3. The first-order valence-corrected chi connectivity index (χ1v) is 11.8. The second kappa shape index (κ2) is 9.68. The summed E-state index contributed by atoms with van der Waals surface area (Å²) in [6.07, 6.45) is 8.62. The number of nitrogens with two attached hydrogens (primary N) is 1. The second-order valence-electron chi connectivity index (χ2n) is 10.5. The number of carbonyl (C=O) groups excluding carboxylic acids is 3. The zero-order valence-electron chi connectivity index (χ0n) is 20.8. The van der Waals surface area contributed by atoms with Crippen LogP contribution in [-0.4, -0.2) is 52.5 Å². The smallest absolute Gasteiger partial charge is 0.407 e. The molecule has 3 saturated carbocycles. The molecular weight excluding hydrogens is 438 g/mol.